The molecule has 0 spiro atoms. The molecule has 0 atom stereocenters. The van der Waals surface area contributed by atoms with Crippen molar-refractivity contribution in [3.63, 3.8) is 0 Å². The van der Waals surface area contributed by atoms with E-state index in [4.69, 9.17) is 4.74 Å². The molecule has 0 aliphatic carbocycles. The van der Waals surface area contributed by atoms with Gasteiger partial charge in [-0.25, -0.2) is 14.6 Å². The van der Waals surface area contributed by atoms with Crippen LogP contribution in [0, 0.1) is 0 Å². The van der Waals surface area contributed by atoms with Crippen LogP contribution in [0.25, 0.3) is 16.7 Å². The minimum Gasteiger partial charge on any atom is -0.374 e. The SMILES string of the molecule is CCOCc1nc(NC)cc(-n2ncc3ccccc32)n1. The smallest absolute Gasteiger partial charge is 0.159 e. The van der Waals surface area contributed by atoms with Crippen LogP contribution in [-0.2, 0) is 11.3 Å². The number of nitrogens with zero attached hydrogens (tertiary/aromatic N) is 4. The van der Waals surface area contributed by atoms with Gasteiger partial charge in [0.2, 0.25) is 0 Å². The van der Waals surface area contributed by atoms with Crippen LogP contribution in [0.1, 0.15) is 12.7 Å². The average molecular weight is 283 g/mol. The summed E-state index contributed by atoms with van der Waals surface area (Å²) in [7, 11) is 1.83. The van der Waals surface area contributed by atoms with Crippen molar-refractivity contribution < 1.29 is 4.74 Å². The molecule has 6 nitrogen and oxygen atoms in total. The third kappa shape index (κ3) is 2.71. The van der Waals surface area contributed by atoms with Gasteiger partial charge in [0.1, 0.15) is 12.4 Å². The Morgan fingerprint density at radius 1 is 1.24 bits per heavy atom. The summed E-state index contributed by atoms with van der Waals surface area (Å²) in [5.74, 6) is 2.11. The normalized spacial score (nSPS) is 11.0. The van der Waals surface area contributed by atoms with Crippen LogP contribution in [0.3, 0.4) is 0 Å². The molecule has 108 valence electrons. The predicted molar refractivity (Wildman–Crippen MR) is 81.5 cm³/mol. The molecule has 6 heteroatoms. The maximum atomic E-state index is 5.40. The second-order valence-corrected chi connectivity index (χ2v) is 4.53. The number of fused-ring (bicyclic) bond motifs is 1. The van der Waals surface area contributed by atoms with Crippen molar-refractivity contribution in [2.24, 2.45) is 0 Å². The molecular weight excluding hydrogens is 266 g/mol. The van der Waals surface area contributed by atoms with E-state index in [2.05, 4.69) is 20.4 Å². The summed E-state index contributed by atoms with van der Waals surface area (Å²) in [6.07, 6.45) is 1.83. The largest absolute Gasteiger partial charge is 0.374 e. The summed E-state index contributed by atoms with van der Waals surface area (Å²) >= 11 is 0. The van der Waals surface area contributed by atoms with Gasteiger partial charge in [0.15, 0.2) is 11.6 Å². The molecule has 1 N–H and O–H groups in total. The van der Waals surface area contributed by atoms with Gasteiger partial charge >= 0.3 is 0 Å². The maximum Gasteiger partial charge on any atom is 0.159 e. The van der Waals surface area contributed by atoms with Crippen LogP contribution < -0.4 is 5.32 Å². The number of anilines is 1. The summed E-state index contributed by atoms with van der Waals surface area (Å²) in [6.45, 7) is 2.97. The first kappa shape index (κ1) is 13.5. The first-order valence-electron chi connectivity index (χ1n) is 6.88. The lowest BCUT2D eigenvalue weighted by Crippen LogP contribution is -2.08. The lowest BCUT2D eigenvalue weighted by atomic mass is 10.2. The van der Waals surface area contributed by atoms with E-state index in [9.17, 15) is 0 Å². The zero-order valence-corrected chi connectivity index (χ0v) is 12.1. The number of ether oxygens (including phenoxy) is 1. The minimum atomic E-state index is 0.387. The Hall–Kier alpha value is -2.47. The minimum absolute atomic E-state index is 0.387. The second-order valence-electron chi connectivity index (χ2n) is 4.53. The second kappa shape index (κ2) is 5.88. The van der Waals surface area contributed by atoms with E-state index in [1.807, 2.05) is 55.2 Å². The average Bonchev–Trinajstić information content (AvgIpc) is 2.96. The Morgan fingerprint density at radius 2 is 2.10 bits per heavy atom. The highest BCUT2D eigenvalue weighted by Gasteiger charge is 2.09. The van der Waals surface area contributed by atoms with Gasteiger partial charge in [-0.1, -0.05) is 18.2 Å². The molecule has 0 amide bonds. The predicted octanol–water partition coefficient (Wildman–Crippen LogP) is 2.39. The molecular formula is C15H17N5O. The fraction of sp³-hybridized carbons (Fsp3) is 0.267. The molecule has 0 aliphatic heterocycles. The molecule has 0 bridgehead atoms. The molecule has 0 unspecified atom stereocenters. The molecule has 0 saturated carbocycles. The third-order valence-corrected chi connectivity index (χ3v) is 3.14. The summed E-state index contributed by atoms with van der Waals surface area (Å²) in [5, 5.41) is 8.54. The first-order valence-corrected chi connectivity index (χ1v) is 6.88. The summed E-state index contributed by atoms with van der Waals surface area (Å²) in [4.78, 5) is 8.93. The van der Waals surface area contributed by atoms with E-state index >= 15 is 0 Å². The highest BCUT2D eigenvalue weighted by atomic mass is 16.5. The highest BCUT2D eigenvalue weighted by molar-refractivity contribution is 5.79. The number of hydrogen-bond acceptors (Lipinski definition) is 5. The molecule has 0 fully saturated rings. The van der Waals surface area contributed by atoms with E-state index in [1.54, 1.807) is 0 Å². The molecule has 2 heterocycles. The van der Waals surface area contributed by atoms with E-state index in [0.29, 0.717) is 19.0 Å². The van der Waals surface area contributed by atoms with Crippen LogP contribution in [0.2, 0.25) is 0 Å². The van der Waals surface area contributed by atoms with Crippen molar-refractivity contribution in [3.8, 4) is 5.82 Å². The summed E-state index contributed by atoms with van der Waals surface area (Å²) in [6, 6.07) is 9.90. The molecule has 1 aromatic carbocycles. The zero-order valence-electron chi connectivity index (χ0n) is 12.1. The molecule has 3 aromatic rings. The number of benzene rings is 1. The quantitative estimate of drug-likeness (QED) is 0.779. The fourth-order valence-electron chi connectivity index (χ4n) is 2.13. The Bertz CT molecular complexity index is 753. The van der Waals surface area contributed by atoms with Crippen molar-refractivity contribution in [1.29, 1.82) is 0 Å². The van der Waals surface area contributed by atoms with Crippen molar-refractivity contribution in [3.05, 3.63) is 42.4 Å². The molecule has 2 aromatic heterocycles. The lowest BCUT2D eigenvalue weighted by molar-refractivity contribution is 0.128. The lowest BCUT2D eigenvalue weighted by Gasteiger charge is -2.08. The third-order valence-electron chi connectivity index (χ3n) is 3.14. The van der Waals surface area contributed by atoms with Gasteiger partial charge in [0, 0.05) is 25.1 Å². The number of hydrogen-bond donors (Lipinski definition) is 1. The van der Waals surface area contributed by atoms with Crippen LogP contribution in [-0.4, -0.2) is 33.4 Å². The van der Waals surface area contributed by atoms with Crippen molar-refractivity contribution in [2.45, 2.75) is 13.5 Å². The van der Waals surface area contributed by atoms with Gasteiger partial charge in [-0.3, -0.25) is 0 Å². The molecule has 3 rings (SSSR count). The van der Waals surface area contributed by atoms with Crippen LogP contribution in [0.4, 0.5) is 5.82 Å². The Kier molecular flexibility index (Phi) is 3.79. The molecule has 0 aliphatic rings. The van der Waals surface area contributed by atoms with E-state index in [-0.39, 0.29) is 0 Å². The van der Waals surface area contributed by atoms with Crippen molar-refractivity contribution in [1.82, 2.24) is 19.7 Å². The summed E-state index contributed by atoms with van der Waals surface area (Å²) < 4.78 is 7.21. The molecule has 21 heavy (non-hydrogen) atoms. The standard InChI is InChI=1S/C15H17N5O/c1-3-21-10-14-18-13(16-2)8-15(19-14)20-12-7-5-4-6-11(12)9-17-20/h4-9H,3,10H2,1-2H3,(H,16,18,19). The van der Waals surface area contributed by atoms with Crippen LogP contribution >= 0.6 is 0 Å². The molecule has 0 radical (unpaired) electrons. The first-order chi connectivity index (χ1) is 10.3. The zero-order chi connectivity index (χ0) is 14.7. The van der Waals surface area contributed by atoms with Crippen molar-refractivity contribution >= 4 is 16.7 Å². The van der Waals surface area contributed by atoms with Gasteiger partial charge in [-0.05, 0) is 13.0 Å². The number of rotatable bonds is 5. The topological polar surface area (TPSA) is 64.9 Å². The van der Waals surface area contributed by atoms with Crippen LogP contribution in [0.5, 0.6) is 0 Å². The Morgan fingerprint density at radius 3 is 2.90 bits per heavy atom. The number of para-hydroxylation sites is 1. The Labute approximate surface area is 122 Å². The van der Waals surface area contributed by atoms with Gasteiger partial charge in [0.05, 0.1) is 11.7 Å². The number of nitrogens with one attached hydrogen (secondary N) is 1. The Balaban J connectivity index is 2.08. The van der Waals surface area contributed by atoms with E-state index in [0.717, 1.165) is 22.5 Å². The highest BCUT2D eigenvalue weighted by Crippen LogP contribution is 2.18. The maximum absolute atomic E-state index is 5.40. The summed E-state index contributed by atoms with van der Waals surface area (Å²) in [5.41, 5.74) is 1.01. The monoisotopic (exact) mass is 283 g/mol. The number of aromatic nitrogens is 4. The van der Waals surface area contributed by atoms with Gasteiger partial charge < -0.3 is 10.1 Å². The van der Waals surface area contributed by atoms with Crippen molar-refractivity contribution in [2.75, 3.05) is 19.0 Å². The molecule has 0 saturated heterocycles. The van der Waals surface area contributed by atoms with Crippen LogP contribution in [0.15, 0.2) is 36.5 Å². The van der Waals surface area contributed by atoms with E-state index in [1.165, 1.54) is 0 Å². The van der Waals surface area contributed by atoms with E-state index < -0.39 is 0 Å². The fourth-order valence-corrected chi connectivity index (χ4v) is 2.13. The van der Waals surface area contributed by atoms with Gasteiger partial charge in [-0.2, -0.15) is 5.10 Å². The van der Waals surface area contributed by atoms with Gasteiger partial charge in [-0.15, -0.1) is 0 Å². The van der Waals surface area contributed by atoms with Gasteiger partial charge in [0.25, 0.3) is 0 Å².